The summed E-state index contributed by atoms with van der Waals surface area (Å²) in [4.78, 5) is 26.7. The Kier molecular flexibility index (Phi) is 8.27. The molecule has 30 heavy (non-hydrogen) atoms. The zero-order chi connectivity index (χ0) is 21.2. The van der Waals surface area contributed by atoms with Gasteiger partial charge in [0.05, 0.1) is 6.54 Å². The number of nitrogens with zero attached hydrogens (tertiary/aromatic N) is 1. The molecule has 2 N–H and O–H groups in total. The maximum Gasteiger partial charge on any atom is 0.251 e. The van der Waals surface area contributed by atoms with Crippen LogP contribution in [0.15, 0.2) is 54.6 Å². The fourth-order valence-electron chi connectivity index (χ4n) is 3.62. The van der Waals surface area contributed by atoms with Crippen LogP contribution in [0.25, 0.3) is 0 Å². The van der Waals surface area contributed by atoms with Gasteiger partial charge in [0.2, 0.25) is 5.91 Å². The minimum Gasteiger partial charge on any atom is -0.457 e. The molecule has 2 aromatic carbocycles. The summed E-state index contributed by atoms with van der Waals surface area (Å²) in [6.07, 6.45) is 4.77. The first-order chi connectivity index (χ1) is 14.6. The third-order valence-electron chi connectivity index (χ3n) is 5.39. The van der Waals surface area contributed by atoms with Crippen LogP contribution < -0.4 is 15.4 Å². The molecule has 0 unspecified atom stereocenters. The van der Waals surface area contributed by atoms with Gasteiger partial charge in [-0.1, -0.05) is 24.6 Å². The number of hydrogen-bond donors (Lipinski definition) is 2. The van der Waals surface area contributed by atoms with E-state index in [1.165, 1.54) is 19.3 Å². The Labute approximate surface area is 178 Å². The molecule has 1 atom stereocenters. The predicted molar refractivity (Wildman–Crippen MR) is 118 cm³/mol. The van der Waals surface area contributed by atoms with Crippen LogP contribution in [0.1, 0.15) is 43.0 Å². The van der Waals surface area contributed by atoms with Crippen LogP contribution in [0.4, 0.5) is 0 Å². The second-order valence-electron chi connectivity index (χ2n) is 7.71. The van der Waals surface area contributed by atoms with E-state index in [-0.39, 0.29) is 18.4 Å². The van der Waals surface area contributed by atoms with Gasteiger partial charge in [0.1, 0.15) is 11.5 Å². The zero-order valence-corrected chi connectivity index (χ0v) is 17.6. The highest BCUT2D eigenvalue weighted by Gasteiger charge is 2.17. The molecule has 2 amide bonds. The highest BCUT2D eigenvalue weighted by atomic mass is 16.5. The fourth-order valence-corrected chi connectivity index (χ4v) is 3.62. The minimum atomic E-state index is -0.279. The average molecular weight is 410 g/mol. The number of nitrogens with one attached hydrogen (secondary N) is 2. The number of ether oxygens (including phenoxy) is 1. The third kappa shape index (κ3) is 6.88. The summed E-state index contributed by atoms with van der Waals surface area (Å²) in [6, 6.07) is 16.9. The lowest BCUT2D eigenvalue weighted by Gasteiger charge is -2.33. The second-order valence-corrected chi connectivity index (χ2v) is 7.71. The fraction of sp³-hybridized carbons (Fsp3) is 0.417. The molecule has 0 radical (unpaired) electrons. The smallest absolute Gasteiger partial charge is 0.251 e. The lowest BCUT2D eigenvalue weighted by atomic mass is 10.0. The topological polar surface area (TPSA) is 70.7 Å². The minimum absolute atomic E-state index is 0.0266. The number of likely N-dealkylation sites (tertiary alicyclic amines) is 1. The molecule has 1 aliphatic heterocycles. The molecule has 1 heterocycles. The van der Waals surface area contributed by atoms with Gasteiger partial charge in [0.15, 0.2) is 0 Å². The van der Waals surface area contributed by atoms with Gasteiger partial charge in [0.25, 0.3) is 5.91 Å². The molecule has 0 aromatic heterocycles. The normalized spacial score (nSPS) is 16.6. The van der Waals surface area contributed by atoms with Crippen molar-refractivity contribution in [3.05, 3.63) is 60.2 Å². The highest BCUT2D eigenvalue weighted by molar-refractivity contribution is 5.96. The summed E-state index contributed by atoms with van der Waals surface area (Å²) in [5.41, 5.74) is 0.488. The summed E-state index contributed by atoms with van der Waals surface area (Å²) >= 11 is 0. The van der Waals surface area contributed by atoms with Crippen molar-refractivity contribution in [2.45, 2.75) is 38.6 Å². The molecular formula is C24H31N3O3. The summed E-state index contributed by atoms with van der Waals surface area (Å²) in [6.45, 7) is 5.03. The summed E-state index contributed by atoms with van der Waals surface area (Å²) in [5.74, 6) is 0.942. The van der Waals surface area contributed by atoms with Gasteiger partial charge in [-0.2, -0.15) is 0 Å². The van der Waals surface area contributed by atoms with E-state index >= 15 is 0 Å². The number of carbonyl (C=O) groups is 2. The largest absolute Gasteiger partial charge is 0.457 e. The Morgan fingerprint density at radius 1 is 1.00 bits per heavy atom. The van der Waals surface area contributed by atoms with Gasteiger partial charge >= 0.3 is 0 Å². The van der Waals surface area contributed by atoms with E-state index in [4.69, 9.17) is 4.74 Å². The highest BCUT2D eigenvalue weighted by Crippen LogP contribution is 2.21. The molecule has 6 nitrogen and oxygen atoms in total. The Morgan fingerprint density at radius 3 is 2.47 bits per heavy atom. The molecule has 0 saturated carbocycles. The van der Waals surface area contributed by atoms with Gasteiger partial charge in [-0.15, -0.1) is 0 Å². The van der Waals surface area contributed by atoms with Crippen LogP contribution in [0.5, 0.6) is 11.5 Å². The van der Waals surface area contributed by atoms with E-state index in [0.29, 0.717) is 23.9 Å². The van der Waals surface area contributed by atoms with Gasteiger partial charge < -0.3 is 20.3 Å². The van der Waals surface area contributed by atoms with Crippen molar-refractivity contribution in [2.24, 2.45) is 0 Å². The molecule has 160 valence electrons. The number of rotatable bonds is 9. The lowest BCUT2D eigenvalue weighted by Crippen LogP contribution is -2.40. The van der Waals surface area contributed by atoms with E-state index in [1.807, 2.05) is 30.3 Å². The molecule has 0 bridgehead atoms. The Bertz CT molecular complexity index is 808. The average Bonchev–Trinajstić information content (AvgIpc) is 2.77. The van der Waals surface area contributed by atoms with E-state index < -0.39 is 0 Å². The number of benzene rings is 2. The van der Waals surface area contributed by atoms with Crippen molar-refractivity contribution in [1.29, 1.82) is 0 Å². The van der Waals surface area contributed by atoms with E-state index in [1.54, 1.807) is 24.3 Å². The first-order valence-electron chi connectivity index (χ1n) is 10.7. The molecule has 6 heteroatoms. The van der Waals surface area contributed by atoms with Crippen molar-refractivity contribution in [3.63, 3.8) is 0 Å². The van der Waals surface area contributed by atoms with Crippen LogP contribution in [-0.2, 0) is 4.79 Å². The Morgan fingerprint density at radius 2 is 1.73 bits per heavy atom. The standard InChI is InChI=1S/C24H31N3O3/c1-19-8-5-6-16-27(19)17-7-15-25-23(28)18-26-24(29)20-11-13-22(14-12-20)30-21-9-3-2-4-10-21/h2-4,9-14,19H,5-8,15-18H2,1H3,(H,25,28)(H,26,29)/t19-/m0/s1. The lowest BCUT2D eigenvalue weighted by molar-refractivity contribution is -0.120. The van der Waals surface area contributed by atoms with E-state index in [0.717, 1.165) is 25.3 Å². The van der Waals surface area contributed by atoms with Crippen LogP contribution in [0.3, 0.4) is 0 Å². The van der Waals surface area contributed by atoms with Gasteiger partial charge in [-0.05, 0) is 69.1 Å². The Hall–Kier alpha value is -2.86. The Balaban J connectivity index is 1.33. The van der Waals surface area contributed by atoms with Crippen molar-refractivity contribution in [2.75, 3.05) is 26.2 Å². The number of carbonyl (C=O) groups excluding carboxylic acids is 2. The van der Waals surface area contributed by atoms with Gasteiger partial charge in [-0.25, -0.2) is 0 Å². The second kappa shape index (κ2) is 11.4. The zero-order valence-electron chi connectivity index (χ0n) is 17.6. The molecule has 2 aromatic rings. The molecule has 0 spiro atoms. The van der Waals surface area contributed by atoms with Crippen molar-refractivity contribution >= 4 is 11.8 Å². The maximum atomic E-state index is 12.3. The quantitative estimate of drug-likeness (QED) is 0.621. The molecule has 1 saturated heterocycles. The maximum absolute atomic E-state index is 12.3. The van der Waals surface area contributed by atoms with Crippen molar-refractivity contribution < 1.29 is 14.3 Å². The summed E-state index contributed by atoms with van der Waals surface area (Å²) in [5, 5.41) is 5.54. The summed E-state index contributed by atoms with van der Waals surface area (Å²) in [7, 11) is 0. The van der Waals surface area contributed by atoms with Crippen LogP contribution >= 0.6 is 0 Å². The molecule has 3 rings (SSSR count). The SMILES string of the molecule is C[C@H]1CCCCN1CCCNC(=O)CNC(=O)c1ccc(Oc2ccccc2)cc1. The monoisotopic (exact) mass is 409 g/mol. The van der Waals surface area contributed by atoms with Crippen LogP contribution in [0.2, 0.25) is 0 Å². The number of para-hydroxylation sites is 1. The van der Waals surface area contributed by atoms with Crippen LogP contribution in [-0.4, -0.2) is 48.9 Å². The number of piperidine rings is 1. The number of hydrogen-bond acceptors (Lipinski definition) is 4. The van der Waals surface area contributed by atoms with Crippen molar-refractivity contribution in [1.82, 2.24) is 15.5 Å². The van der Waals surface area contributed by atoms with Crippen molar-refractivity contribution in [3.8, 4) is 11.5 Å². The van der Waals surface area contributed by atoms with E-state index in [2.05, 4.69) is 22.5 Å². The first-order valence-corrected chi connectivity index (χ1v) is 10.7. The molecule has 0 aliphatic carbocycles. The molecule has 1 aliphatic rings. The predicted octanol–water partition coefficient (Wildman–Crippen LogP) is 3.59. The van der Waals surface area contributed by atoms with Crippen LogP contribution in [0, 0.1) is 0 Å². The molecule has 1 fully saturated rings. The molecular weight excluding hydrogens is 378 g/mol. The first kappa shape index (κ1) is 21.8. The van der Waals surface area contributed by atoms with E-state index in [9.17, 15) is 9.59 Å². The number of amides is 2. The third-order valence-corrected chi connectivity index (χ3v) is 5.39. The summed E-state index contributed by atoms with van der Waals surface area (Å²) < 4.78 is 5.72. The van der Waals surface area contributed by atoms with Gasteiger partial charge in [0, 0.05) is 24.7 Å². The van der Waals surface area contributed by atoms with Gasteiger partial charge in [-0.3, -0.25) is 9.59 Å².